The lowest BCUT2D eigenvalue weighted by Crippen LogP contribution is -2.20. The summed E-state index contributed by atoms with van der Waals surface area (Å²) in [4.78, 5) is 0. The van der Waals surface area contributed by atoms with Crippen molar-refractivity contribution < 1.29 is 0 Å². The van der Waals surface area contributed by atoms with Crippen LogP contribution in [0, 0.1) is 0 Å². The molecule has 1 heteroatoms. The molecule has 0 fully saturated rings. The number of allylic oxidation sites excluding steroid dienone is 1. The second kappa shape index (κ2) is 2.83. The van der Waals surface area contributed by atoms with Gasteiger partial charge in [-0.2, -0.15) is 0 Å². The average Bonchev–Trinajstić information content (AvgIpc) is 1.90. The third kappa shape index (κ3) is 1.68. The fourth-order valence-corrected chi connectivity index (χ4v) is 1.01. The summed E-state index contributed by atoms with van der Waals surface area (Å²) in [6.45, 7) is 8.08. The molecule has 0 radical (unpaired) electrons. The van der Waals surface area contributed by atoms with Crippen LogP contribution in [-0.4, -0.2) is 13.1 Å². The highest BCUT2D eigenvalue weighted by Crippen LogP contribution is 2.11. The molecule has 0 bridgehead atoms. The van der Waals surface area contributed by atoms with Gasteiger partial charge in [0, 0.05) is 6.54 Å². The summed E-state index contributed by atoms with van der Waals surface area (Å²) < 4.78 is 0. The monoisotopic (exact) mass is 123 g/mol. The Labute approximate surface area is 56.5 Å². The van der Waals surface area contributed by atoms with Crippen LogP contribution in [0.4, 0.5) is 0 Å². The zero-order chi connectivity index (χ0) is 6.69. The summed E-state index contributed by atoms with van der Waals surface area (Å²) in [5, 5.41) is 3.25. The van der Waals surface area contributed by atoms with Crippen molar-refractivity contribution in [1.29, 1.82) is 0 Å². The molecule has 0 aliphatic carbocycles. The first kappa shape index (κ1) is 6.56. The largest absolute Gasteiger partial charge is 0.313 e. The molecular weight excluding hydrogens is 110 g/mol. The van der Waals surface area contributed by atoms with E-state index in [4.69, 9.17) is 0 Å². The van der Waals surface area contributed by atoms with E-state index in [0.29, 0.717) is 0 Å². The molecule has 9 heavy (non-hydrogen) atoms. The Morgan fingerprint density at radius 1 is 1.78 bits per heavy atom. The molecule has 0 atom stereocenters. The van der Waals surface area contributed by atoms with E-state index in [1.165, 1.54) is 11.1 Å². The summed E-state index contributed by atoms with van der Waals surface area (Å²) >= 11 is 0. The quantitative estimate of drug-likeness (QED) is 0.557. The van der Waals surface area contributed by atoms with E-state index in [-0.39, 0.29) is 0 Å². The van der Waals surface area contributed by atoms with E-state index in [1.807, 2.05) is 0 Å². The van der Waals surface area contributed by atoms with Crippen LogP contribution < -0.4 is 5.32 Å². The maximum Gasteiger partial charge on any atom is 0.0140 e. The zero-order valence-electron chi connectivity index (χ0n) is 5.91. The van der Waals surface area contributed by atoms with Gasteiger partial charge in [-0.3, -0.25) is 0 Å². The molecule has 0 saturated heterocycles. The standard InChI is InChI=1S/C8H13N/c1-7(2)8-3-5-9-6-4-8/h3,9H,1,4-6H2,2H3. The van der Waals surface area contributed by atoms with Gasteiger partial charge in [-0.1, -0.05) is 18.2 Å². The van der Waals surface area contributed by atoms with E-state index in [9.17, 15) is 0 Å². The minimum absolute atomic E-state index is 1.02. The van der Waals surface area contributed by atoms with Crippen molar-refractivity contribution in [1.82, 2.24) is 5.32 Å². The molecule has 0 saturated carbocycles. The normalized spacial score (nSPS) is 19.0. The molecule has 1 aliphatic rings. The van der Waals surface area contributed by atoms with Gasteiger partial charge in [-0.05, 0) is 25.5 Å². The number of nitrogens with one attached hydrogen (secondary N) is 1. The Bertz CT molecular complexity index is 145. The van der Waals surface area contributed by atoms with Crippen LogP contribution in [0.1, 0.15) is 13.3 Å². The van der Waals surface area contributed by atoms with E-state index in [2.05, 4.69) is 24.9 Å². The van der Waals surface area contributed by atoms with Gasteiger partial charge in [-0.25, -0.2) is 0 Å². The number of rotatable bonds is 1. The predicted molar refractivity (Wildman–Crippen MR) is 40.4 cm³/mol. The van der Waals surface area contributed by atoms with Crippen LogP contribution in [0.3, 0.4) is 0 Å². The highest BCUT2D eigenvalue weighted by molar-refractivity contribution is 5.27. The van der Waals surface area contributed by atoms with E-state index >= 15 is 0 Å². The molecule has 0 aromatic heterocycles. The summed E-state index contributed by atoms with van der Waals surface area (Å²) in [6.07, 6.45) is 3.36. The Hall–Kier alpha value is -0.560. The van der Waals surface area contributed by atoms with Crippen molar-refractivity contribution in [2.75, 3.05) is 13.1 Å². The summed E-state index contributed by atoms with van der Waals surface area (Å²) in [7, 11) is 0. The van der Waals surface area contributed by atoms with Crippen LogP contribution in [0.25, 0.3) is 0 Å². The highest BCUT2D eigenvalue weighted by Gasteiger charge is 2.01. The molecule has 1 rings (SSSR count). The maximum atomic E-state index is 3.88. The lowest BCUT2D eigenvalue weighted by molar-refractivity contribution is 0.708. The molecule has 0 aromatic carbocycles. The Balaban J connectivity index is 2.57. The summed E-state index contributed by atoms with van der Waals surface area (Å²) in [5.41, 5.74) is 2.64. The Morgan fingerprint density at radius 3 is 2.89 bits per heavy atom. The van der Waals surface area contributed by atoms with Crippen molar-refractivity contribution in [3.63, 3.8) is 0 Å². The van der Waals surface area contributed by atoms with Crippen molar-refractivity contribution in [3.05, 3.63) is 23.8 Å². The van der Waals surface area contributed by atoms with Gasteiger partial charge in [0.25, 0.3) is 0 Å². The molecular formula is C8H13N. The third-order valence-electron chi connectivity index (χ3n) is 1.61. The lowest BCUT2D eigenvalue weighted by atomic mass is 10.0. The molecule has 0 spiro atoms. The summed E-state index contributed by atoms with van der Waals surface area (Å²) in [6, 6.07) is 0. The fraction of sp³-hybridized carbons (Fsp3) is 0.500. The third-order valence-corrected chi connectivity index (χ3v) is 1.61. The molecule has 1 nitrogen and oxygen atoms in total. The van der Waals surface area contributed by atoms with E-state index < -0.39 is 0 Å². The predicted octanol–water partition coefficient (Wildman–Crippen LogP) is 1.48. The van der Waals surface area contributed by atoms with Gasteiger partial charge in [0.1, 0.15) is 0 Å². The smallest absolute Gasteiger partial charge is 0.0140 e. The first-order valence-electron chi connectivity index (χ1n) is 3.36. The van der Waals surface area contributed by atoms with Crippen LogP contribution in [0.15, 0.2) is 23.8 Å². The summed E-state index contributed by atoms with van der Waals surface area (Å²) in [5.74, 6) is 0. The molecule has 1 N–H and O–H groups in total. The zero-order valence-corrected chi connectivity index (χ0v) is 5.91. The van der Waals surface area contributed by atoms with Crippen LogP contribution >= 0.6 is 0 Å². The fourth-order valence-electron chi connectivity index (χ4n) is 1.01. The molecule has 0 unspecified atom stereocenters. The maximum absolute atomic E-state index is 3.88. The van der Waals surface area contributed by atoms with Crippen LogP contribution in [-0.2, 0) is 0 Å². The number of hydrogen-bond donors (Lipinski definition) is 1. The number of hydrogen-bond acceptors (Lipinski definition) is 1. The SMILES string of the molecule is C=C(C)C1=CCNCC1. The lowest BCUT2D eigenvalue weighted by Gasteiger charge is -2.12. The first-order chi connectivity index (χ1) is 4.30. The average molecular weight is 123 g/mol. The van der Waals surface area contributed by atoms with Gasteiger partial charge in [0.2, 0.25) is 0 Å². The second-order valence-corrected chi connectivity index (χ2v) is 2.46. The molecule has 1 heterocycles. The molecule has 0 aromatic rings. The van der Waals surface area contributed by atoms with Gasteiger partial charge >= 0.3 is 0 Å². The van der Waals surface area contributed by atoms with E-state index in [0.717, 1.165) is 19.5 Å². The van der Waals surface area contributed by atoms with Gasteiger partial charge in [0.05, 0.1) is 0 Å². The van der Waals surface area contributed by atoms with Crippen LogP contribution in [0.2, 0.25) is 0 Å². The van der Waals surface area contributed by atoms with Crippen molar-refractivity contribution in [3.8, 4) is 0 Å². The van der Waals surface area contributed by atoms with Crippen LogP contribution in [0.5, 0.6) is 0 Å². The molecule has 1 aliphatic heterocycles. The first-order valence-corrected chi connectivity index (χ1v) is 3.36. The van der Waals surface area contributed by atoms with Crippen molar-refractivity contribution in [2.24, 2.45) is 0 Å². The van der Waals surface area contributed by atoms with E-state index in [1.54, 1.807) is 0 Å². The van der Waals surface area contributed by atoms with Gasteiger partial charge in [-0.15, -0.1) is 0 Å². The van der Waals surface area contributed by atoms with Gasteiger partial charge < -0.3 is 5.32 Å². The topological polar surface area (TPSA) is 12.0 Å². The molecule has 0 amide bonds. The van der Waals surface area contributed by atoms with Gasteiger partial charge in [0.15, 0.2) is 0 Å². The minimum atomic E-state index is 1.02. The minimum Gasteiger partial charge on any atom is -0.313 e. The van der Waals surface area contributed by atoms with Crippen molar-refractivity contribution in [2.45, 2.75) is 13.3 Å². The van der Waals surface area contributed by atoms with Crippen molar-refractivity contribution >= 4 is 0 Å². The molecule has 50 valence electrons. The highest BCUT2D eigenvalue weighted by atomic mass is 14.8. The Morgan fingerprint density at radius 2 is 2.56 bits per heavy atom. The second-order valence-electron chi connectivity index (χ2n) is 2.46. The Kier molecular flexibility index (Phi) is 2.06.